The van der Waals surface area contributed by atoms with E-state index in [1.165, 1.54) is 26.4 Å². The molecule has 0 saturated carbocycles. The monoisotopic (exact) mass is 596 g/mol. The summed E-state index contributed by atoms with van der Waals surface area (Å²) in [4.78, 5) is 31.3. The molecule has 0 aliphatic heterocycles. The van der Waals surface area contributed by atoms with Crippen LogP contribution in [0.4, 0.5) is 8.78 Å². The third-order valence-electron chi connectivity index (χ3n) is 5.92. The van der Waals surface area contributed by atoms with E-state index in [0.29, 0.717) is 17.7 Å². The van der Waals surface area contributed by atoms with Crippen LogP contribution in [0.25, 0.3) is 0 Å². The molecule has 40 heavy (non-hydrogen) atoms. The first-order valence-corrected chi connectivity index (χ1v) is 14.4. The predicted molar refractivity (Wildman–Crippen MR) is 146 cm³/mol. The minimum absolute atomic E-state index is 0.0317. The number of hydrogen-bond donors (Lipinski definition) is 2. The second-order valence-corrected chi connectivity index (χ2v) is 11.5. The van der Waals surface area contributed by atoms with Gasteiger partial charge in [-0.05, 0) is 37.5 Å². The zero-order valence-corrected chi connectivity index (χ0v) is 24.0. The first kappa shape index (κ1) is 30.9. The van der Waals surface area contributed by atoms with E-state index in [9.17, 15) is 18.0 Å². The molecule has 0 aliphatic carbocycles. The van der Waals surface area contributed by atoms with E-state index < -0.39 is 33.5 Å². The number of benzene rings is 2. The Hall–Kier alpha value is -3.62. The maximum Gasteiger partial charge on any atom is 0.353 e. The summed E-state index contributed by atoms with van der Waals surface area (Å²) >= 11 is 1.00. The van der Waals surface area contributed by atoms with Gasteiger partial charge in [-0.1, -0.05) is 30.3 Å². The smallest absolute Gasteiger partial charge is 0.353 e. The average molecular weight is 597 g/mol. The highest BCUT2D eigenvalue weighted by Crippen LogP contribution is 2.39. The van der Waals surface area contributed by atoms with Crippen LogP contribution in [0.5, 0.6) is 11.5 Å². The number of carbonyl (C=O) groups is 2. The van der Waals surface area contributed by atoms with Crippen molar-refractivity contribution in [3.8, 4) is 11.5 Å². The van der Waals surface area contributed by atoms with E-state index in [1.807, 2.05) is 39.8 Å². The summed E-state index contributed by atoms with van der Waals surface area (Å²) in [7, 11) is -0.352. The summed E-state index contributed by atoms with van der Waals surface area (Å²) in [5, 5.41) is 0.190. The van der Waals surface area contributed by atoms with Gasteiger partial charge in [-0.2, -0.15) is 17.2 Å². The Morgan fingerprint density at radius 1 is 1.10 bits per heavy atom. The normalized spacial score (nSPS) is 11.7. The number of ether oxygens (including phenoxy) is 2. The first-order valence-electron chi connectivity index (χ1n) is 12.1. The fraction of sp³-hybridized carbons (Fsp3) is 0.346. The van der Waals surface area contributed by atoms with Crippen LogP contribution in [0.2, 0.25) is 0 Å². The number of nitrogens with zero attached hydrogens (tertiary/aromatic N) is 2. The zero-order valence-electron chi connectivity index (χ0n) is 22.4. The number of carbonyl (C=O) groups excluding carboxylic acids is 2. The molecule has 3 aromatic rings. The number of thiazole rings is 1. The number of halogens is 2. The topological polar surface area (TPSA) is 127 Å². The molecule has 216 valence electrons. The second kappa shape index (κ2) is 13.2. The molecule has 0 atom stereocenters. The lowest BCUT2D eigenvalue weighted by molar-refractivity contribution is -0.160. The van der Waals surface area contributed by atoms with Gasteiger partial charge in [0, 0.05) is 24.5 Å². The van der Waals surface area contributed by atoms with Crippen LogP contribution in [0.3, 0.4) is 0 Å². The fourth-order valence-corrected chi connectivity index (χ4v) is 5.25. The molecule has 14 heteroatoms. The summed E-state index contributed by atoms with van der Waals surface area (Å²) in [5.74, 6) is -6.34. The Kier molecular flexibility index (Phi) is 10.2. The van der Waals surface area contributed by atoms with Gasteiger partial charge < -0.3 is 14.4 Å². The number of nitrogens with one attached hydrogen (secondary N) is 2. The van der Waals surface area contributed by atoms with Crippen molar-refractivity contribution >= 4 is 33.4 Å². The molecular formula is C26H30F2N4O6S2. The summed E-state index contributed by atoms with van der Waals surface area (Å²) in [6.45, 7) is 1.19. The van der Waals surface area contributed by atoms with Gasteiger partial charge >= 0.3 is 16.1 Å². The zero-order chi connectivity index (χ0) is 29.5. The highest BCUT2D eigenvalue weighted by atomic mass is 32.2. The van der Waals surface area contributed by atoms with Crippen molar-refractivity contribution in [2.75, 3.05) is 27.8 Å². The number of methoxy groups -OCH3 is 2. The molecule has 2 N–H and O–H groups in total. The second-order valence-electron chi connectivity index (χ2n) is 8.61. The Balaban J connectivity index is 1.90. The van der Waals surface area contributed by atoms with Crippen LogP contribution in [0, 0.1) is 6.92 Å². The number of alkyl halides is 2. The maximum absolute atomic E-state index is 15.7. The molecule has 1 heterocycles. The van der Waals surface area contributed by atoms with Crippen molar-refractivity contribution in [1.29, 1.82) is 0 Å². The Bertz CT molecular complexity index is 1450. The summed E-state index contributed by atoms with van der Waals surface area (Å²) < 4.78 is 68.8. The number of hydrogen-bond acceptors (Lipinski definition) is 8. The van der Waals surface area contributed by atoms with Crippen LogP contribution in [0.1, 0.15) is 37.9 Å². The van der Waals surface area contributed by atoms with Gasteiger partial charge in [0.15, 0.2) is 0 Å². The summed E-state index contributed by atoms with van der Waals surface area (Å²) in [6.07, 6.45) is 0.915. The minimum atomic E-state index is -4.08. The number of amides is 2. The highest BCUT2D eigenvalue weighted by Gasteiger charge is 2.46. The fourth-order valence-electron chi connectivity index (χ4n) is 3.86. The third-order valence-corrected chi connectivity index (χ3v) is 7.86. The molecule has 0 aliphatic rings. The quantitative estimate of drug-likeness (QED) is 0.310. The molecule has 3 rings (SSSR count). The SMILES string of the molecule is CNS(=O)(=O)NC(=O)c1nc(CN(CCCc2ccccc2)C(=O)C(F)(F)c2ccc(OC)cc2OC)sc1C. The largest absolute Gasteiger partial charge is 0.497 e. The molecule has 0 fully saturated rings. The molecule has 0 spiro atoms. The van der Waals surface area contributed by atoms with Crippen molar-refractivity contribution < 1.29 is 36.3 Å². The Labute approximate surface area is 235 Å². The summed E-state index contributed by atoms with van der Waals surface area (Å²) in [6, 6.07) is 13.0. The van der Waals surface area contributed by atoms with Crippen molar-refractivity contribution in [3.05, 3.63) is 75.2 Å². The molecule has 0 bridgehead atoms. The van der Waals surface area contributed by atoms with Gasteiger partial charge in [-0.15, -0.1) is 11.3 Å². The van der Waals surface area contributed by atoms with E-state index >= 15 is 8.78 Å². The number of aromatic nitrogens is 1. The molecule has 1 aromatic heterocycles. The Morgan fingerprint density at radius 2 is 1.80 bits per heavy atom. The van der Waals surface area contributed by atoms with Crippen LogP contribution >= 0.6 is 11.3 Å². The van der Waals surface area contributed by atoms with Crippen molar-refractivity contribution in [1.82, 2.24) is 19.3 Å². The highest BCUT2D eigenvalue weighted by molar-refractivity contribution is 7.88. The van der Waals surface area contributed by atoms with Crippen molar-refractivity contribution in [3.63, 3.8) is 0 Å². The van der Waals surface area contributed by atoms with E-state index in [1.54, 1.807) is 6.92 Å². The lowest BCUT2D eigenvalue weighted by atomic mass is 10.0. The van der Waals surface area contributed by atoms with E-state index in [2.05, 4.69) is 4.98 Å². The molecule has 10 nitrogen and oxygen atoms in total. The van der Waals surface area contributed by atoms with Gasteiger partial charge in [0.1, 0.15) is 22.2 Å². The summed E-state index contributed by atoms with van der Waals surface area (Å²) in [5.41, 5.74) is 0.175. The Morgan fingerprint density at radius 3 is 2.42 bits per heavy atom. The number of aryl methyl sites for hydroxylation is 2. The van der Waals surface area contributed by atoms with Gasteiger partial charge in [-0.3, -0.25) is 9.59 Å². The molecule has 2 aromatic carbocycles. The van der Waals surface area contributed by atoms with E-state index in [0.717, 1.165) is 34.9 Å². The van der Waals surface area contributed by atoms with Crippen molar-refractivity contribution in [2.24, 2.45) is 0 Å². The minimum Gasteiger partial charge on any atom is -0.497 e. The van der Waals surface area contributed by atoms with Gasteiger partial charge in [0.05, 0.1) is 26.3 Å². The van der Waals surface area contributed by atoms with E-state index in [-0.39, 0.29) is 35.3 Å². The predicted octanol–water partition coefficient (Wildman–Crippen LogP) is 3.42. The van der Waals surface area contributed by atoms with Gasteiger partial charge in [0.25, 0.3) is 11.8 Å². The van der Waals surface area contributed by atoms with Crippen LogP contribution < -0.4 is 18.9 Å². The van der Waals surface area contributed by atoms with Crippen LogP contribution in [-0.4, -0.2) is 57.9 Å². The lowest BCUT2D eigenvalue weighted by Crippen LogP contribution is -2.42. The molecule has 0 saturated heterocycles. The molecule has 2 amide bonds. The molecule has 0 unspecified atom stereocenters. The maximum atomic E-state index is 15.7. The average Bonchev–Trinajstić information content (AvgIpc) is 3.31. The number of rotatable bonds is 13. The van der Waals surface area contributed by atoms with Gasteiger partial charge in [-0.25, -0.2) is 14.4 Å². The van der Waals surface area contributed by atoms with Crippen LogP contribution in [0.15, 0.2) is 48.5 Å². The van der Waals surface area contributed by atoms with Crippen LogP contribution in [-0.2, 0) is 33.9 Å². The molecule has 0 radical (unpaired) electrons. The van der Waals surface area contributed by atoms with Gasteiger partial charge in [0.2, 0.25) is 0 Å². The molecular weight excluding hydrogens is 566 g/mol. The van der Waals surface area contributed by atoms with E-state index in [4.69, 9.17) is 9.47 Å². The lowest BCUT2D eigenvalue weighted by Gasteiger charge is -2.27. The van der Waals surface area contributed by atoms with Crippen molar-refractivity contribution in [2.45, 2.75) is 32.2 Å². The standard InChI is InChI=1S/C26H30F2N4O6S2/c1-17-23(24(33)31-40(35,36)29-2)30-22(39-17)16-32(14-8-11-18-9-6-5-7-10-18)25(34)26(27,28)20-13-12-19(37-3)15-21(20)38-4/h5-7,9-10,12-13,15,29H,8,11,14,16H2,1-4H3,(H,31,33). The third kappa shape index (κ3) is 7.52. The first-order chi connectivity index (χ1) is 18.9.